The number of nitrogens with zero attached hydrogens (tertiary/aromatic N) is 1. The lowest BCUT2D eigenvalue weighted by Crippen LogP contribution is -2.61. The van der Waals surface area contributed by atoms with Gasteiger partial charge in [-0.25, -0.2) is 0 Å². The minimum Gasteiger partial charge on any atom is -0.296 e. The molecule has 1 saturated heterocycles. The number of rotatable bonds is 7. The quantitative estimate of drug-likeness (QED) is 0.316. The summed E-state index contributed by atoms with van der Waals surface area (Å²) in [4.78, 5) is 2.62. The Bertz CT molecular complexity index is 265. The van der Waals surface area contributed by atoms with Gasteiger partial charge in [-0.05, 0) is 52.1 Å². The van der Waals surface area contributed by atoms with Crippen molar-refractivity contribution in [1.29, 1.82) is 0 Å². The van der Waals surface area contributed by atoms with E-state index in [0.29, 0.717) is 6.04 Å². The maximum atomic E-state index is 5.80. The second kappa shape index (κ2) is 7.78. The first-order valence-corrected chi connectivity index (χ1v) is 7.33. The van der Waals surface area contributed by atoms with Crippen molar-refractivity contribution in [3.05, 3.63) is 0 Å². The first kappa shape index (κ1) is 15.5. The maximum absolute atomic E-state index is 5.80. The summed E-state index contributed by atoms with van der Waals surface area (Å²) in [5.74, 6) is 8.51. The Labute approximate surface area is 112 Å². The average Bonchev–Trinajstić information content (AvgIpc) is 2.44. The standard InChI is InChI=1S/C15H29N3/c1-4-6-8-11-14(17-16)15(3,5-2)18-12-9-7-10-13-18/h1,14,17H,5-13,16H2,2-3H3. The molecule has 0 aromatic heterocycles. The first-order valence-electron chi connectivity index (χ1n) is 7.33. The highest BCUT2D eigenvalue weighted by Crippen LogP contribution is 2.29. The molecule has 2 atom stereocenters. The normalized spacial score (nSPS) is 22.1. The molecule has 3 nitrogen and oxygen atoms in total. The molecule has 1 aliphatic heterocycles. The van der Waals surface area contributed by atoms with Crippen LogP contribution in [0.5, 0.6) is 0 Å². The first-order chi connectivity index (χ1) is 8.69. The van der Waals surface area contributed by atoms with E-state index in [0.717, 1.165) is 25.7 Å². The second-order valence-corrected chi connectivity index (χ2v) is 5.57. The molecule has 0 bridgehead atoms. The number of likely N-dealkylation sites (tertiary alicyclic amines) is 1. The van der Waals surface area contributed by atoms with Gasteiger partial charge >= 0.3 is 0 Å². The fourth-order valence-corrected chi connectivity index (χ4v) is 3.08. The lowest BCUT2D eigenvalue weighted by atomic mass is 9.83. The Morgan fingerprint density at radius 1 is 1.39 bits per heavy atom. The number of unbranched alkanes of at least 4 members (excludes halogenated alkanes) is 1. The molecule has 104 valence electrons. The molecule has 1 heterocycles. The van der Waals surface area contributed by atoms with Gasteiger partial charge in [-0.1, -0.05) is 13.3 Å². The van der Waals surface area contributed by atoms with E-state index in [1.807, 2.05) is 0 Å². The number of terminal acetylenes is 1. The highest BCUT2D eigenvalue weighted by Gasteiger charge is 2.37. The highest BCUT2D eigenvalue weighted by atomic mass is 15.3. The van der Waals surface area contributed by atoms with Gasteiger partial charge in [0.1, 0.15) is 0 Å². The van der Waals surface area contributed by atoms with E-state index in [-0.39, 0.29) is 5.54 Å². The molecule has 0 amide bonds. The molecule has 0 spiro atoms. The third-order valence-corrected chi connectivity index (χ3v) is 4.56. The van der Waals surface area contributed by atoms with E-state index in [9.17, 15) is 0 Å². The van der Waals surface area contributed by atoms with Crippen molar-refractivity contribution in [2.45, 2.75) is 70.4 Å². The number of hydrogen-bond acceptors (Lipinski definition) is 3. The smallest absolute Gasteiger partial charge is 0.0392 e. The predicted molar refractivity (Wildman–Crippen MR) is 77.9 cm³/mol. The molecule has 0 aliphatic carbocycles. The maximum Gasteiger partial charge on any atom is 0.0392 e. The number of hydrogen-bond donors (Lipinski definition) is 2. The third-order valence-electron chi connectivity index (χ3n) is 4.56. The molecule has 0 radical (unpaired) electrons. The summed E-state index contributed by atoms with van der Waals surface area (Å²) in [6.07, 6.45) is 13.4. The molecule has 1 fully saturated rings. The summed E-state index contributed by atoms with van der Waals surface area (Å²) in [5.41, 5.74) is 3.20. The topological polar surface area (TPSA) is 41.3 Å². The van der Waals surface area contributed by atoms with Crippen LogP contribution in [0, 0.1) is 12.3 Å². The van der Waals surface area contributed by atoms with Crippen LogP contribution in [0.4, 0.5) is 0 Å². The monoisotopic (exact) mass is 251 g/mol. The van der Waals surface area contributed by atoms with E-state index in [4.69, 9.17) is 12.3 Å². The molecule has 2 unspecified atom stereocenters. The van der Waals surface area contributed by atoms with Gasteiger partial charge in [0, 0.05) is 18.0 Å². The Hall–Kier alpha value is -0.560. The molecule has 3 heteroatoms. The number of nitrogens with two attached hydrogens (primary N) is 1. The summed E-state index contributed by atoms with van der Waals surface area (Å²) >= 11 is 0. The summed E-state index contributed by atoms with van der Waals surface area (Å²) in [6.45, 7) is 7.02. The van der Waals surface area contributed by atoms with Gasteiger partial charge in [0.25, 0.3) is 0 Å². The fourth-order valence-electron chi connectivity index (χ4n) is 3.08. The largest absolute Gasteiger partial charge is 0.296 e. The van der Waals surface area contributed by atoms with Crippen molar-refractivity contribution in [3.63, 3.8) is 0 Å². The van der Waals surface area contributed by atoms with Crippen LogP contribution in [-0.4, -0.2) is 29.6 Å². The Morgan fingerprint density at radius 3 is 2.56 bits per heavy atom. The van der Waals surface area contributed by atoms with Gasteiger partial charge in [-0.3, -0.25) is 16.2 Å². The van der Waals surface area contributed by atoms with E-state index in [2.05, 4.69) is 30.1 Å². The fraction of sp³-hybridized carbons (Fsp3) is 0.867. The van der Waals surface area contributed by atoms with Crippen LogP contribution in [-0.2, 0) is 0 Å². The summed E-state index contributed by atoms with van der Waals surface area (Å²) in [5, 5.41) is 0. The van der Waals surface area contributed by atoms with Gasteiger partial charge in [0.2, 0.25) is 0 Å². The molecule has 1 rings (SSSR count). The van der Waals surface area contributed by atoms with Crippen LogP contribution in [0.15, 0.2) is 0 Å². The van der Waals surface area contributed by atoms with Gasteiger partial charge in [0.15, 0.2) is 0 Å². The minimum absolute atomic E-state index is 0.157. The van der Waals surface area contributed by atoms with Crippen LogP contribution < -0.4 is 11.3 Å². The SMILES string of the molecule is C#CCCCC(NN)C(C)(CC)N1CCCCC1. The molecular weight excluding hydrogens is 222 g/mol. The number of hydrazine groups is 1. The summed E-state index contributed by atoms with van der Waals surface area (Å²) in [6, 6.07) is 0.328. The van der Waals surface area contributed by atoms with Gasteiger partial charge in [-0.15, -0.1) is 12.3 Å². The van der Waals surface area contributed by atoms with Gasteiger partial charge < -0.3 is 0 Å². The zero-order chi connectivity index (χ0) is 13.4. The van der Waals surface area contributed by atoms with Gasteiger partial charge in [-0.2, -0.15) is 0 Å². The second-order valence-electron chi connectivity index (χ2n) is 5.57. The summed E-state index contributed by atoms with van der Waals surface area (Å²) in [7, 11) is 0. The van der Waals surface area contributed by atoms with Crippen molar-refractivity contribution in [1.82, 2.24) is 10.3 Å². The van der Waals surface area contributed by atoms with E-state index in [1.165, 1.54) is 32.4 Å². The van der Waals surface area contributed by atoms with E-state index < -0.39 is 0 Å². The molecular formula is C15H29N3. The van der Waals surface area contributed by atoms with E-state index in [1.54, 1.807) is 0 Å². The lowest BCUT2D eigenvalue weighted by Gasteiger charge is -2.48. The summed E-state index contributed by atoms with van der Waals surface area (Å²) < 4.78 is 0. The molecule has 18 heavy (non-hydrogen) atoms. The zero-order valence-corrected chi connectivity index (χ0v) is 12.0. The van der Waals surface area contributed by atoms with Crippen LogP contribution >= 0.6 is 0 Å². The van der Waals surface area contributed by atoms with E-state index >= 15 is 0 Å². The third kappa shape index (κ3) is 3.71. The predicted octanol–water partition coefficient (Wildman–Crippen LogP) is 2.28. The molecule has 3 N–H and O–H groups in total. The van der Waals surface area contributed by atoms with Crippen molar-refractivity contribution < 1.29 is 0 Å². The lowest BCUT2D eigenvalue weighted by molar-refractivity contribution is 0.0397. The highest BCUT2D eigenvalue weighted by molar-refractivity contribution is 4.97. The zero-order valence-electron chi connectivity index (χ0n) is 12.0. The van der Waals surface area contributed by atoms with Crippen molar-refractivity contribution in [2.24, 2.45) is 5.84 Å². The average molecular weight is 251 g/mol. The Kier molecular flexibility index (Phi) is 6.70. The van der Waals surface area contributed by atoms with Crippen LogP contribution in [0.25, 0.3) is 0 Å². The number of piperidine rings is 1. The Balaban J connectivity index is 2.66. The van der Waals surface area contributed by atoms with Crippen molar-refractivity contribution in [3.8, 4) is 12.3 Å². The molecule has 0 aromatic carbocycles. The van der Waals surface area contributed by atoms with Crippen LogP contribution in [0.1, 0.15) is 58.8 Å². The van der Waals surface area contributed by atoms with Crippen LogP contribution in [0.3, 0.4) is 0 Å². The molecule has 0 aromatic rings. The Morgan fingerprint density at radius 2 is 2.06 bits per heavy atom. The van der Waals surface area contributed by atoms with Crippen LogP contribution in [0.2, 0.25) is 0 Å². The minimum atomic E-state index is 0.157. The molecule has 0 saturated carbocycles. The number of nitrogens with one attached hydrogen (secondary N) is 1. The molecule has 1 aliphatic rings. The van der Waals surface area contributed by atoms with Gasteiger partial charge in [0.05, 0.1) is 0 Å². The van der Waals surface area contributed by atoms with Crippen molar-refractivity contribution >= 4 is 0 Å². The van der Waals surface area contributed by atoms with Crippen molar-refractivity contribution in [2.75, 3.05) is 13.1 Å².